The Balaban J connectivity index is 3.28. The van der Waals surface area contributed by atoms with E-state index in [-0.39, 0.29) is 10.5 Å². The Morgan fingerprint density at radius 3 is 2.47 bits per heavy atom. The maximum Gasteiger partial charge on any atom is 0.175 e. The van der Waals surface area contributed by atoms with Crippen molar-refractivity contribution < 1.29 is 12.8 Å². The van der Waals surface area contributed by atoms with E-state index in [0.29, 0.717) is 0 Å². The molecule has 1 atom stereocenters. The molecule has 0 saturated heterocycles. The molecule has 5 heteroatoms. The molecule has 1 rings (SSSR count). The molecule has 0 aliphatic carbocycles. The molecule has 0 amide bonds. The average molecular weight is 227 g/mol. The van der Waals surface area contributed by atoms with Gasteiger partial charge >= 0.3 is 0 Å². The first-order valence-corrected chi connectivity index (χ1v) is 6.14. The van der Waals surface area contributed by atoms with Gasteiger partial charge in [-0.05, 0) is 19.1 Å². The maximum atomic E-state index is 13.4. The van der Waals surface area contributed by atoms with Gasteiger partial charge in [-0.15, -0.1) is 0 Å². The van der Waals surface area contributed by atoms with Crippen LogP contribution in [0.15, 0.2) is 23.1 Å². The Labute approximate surface area is 88.1 Å². The van der Waals surface area contributed by atoms with E-state index in [1.165, 1.54) is 12.1 Å². The minimum atomic E-state index is -3.40. The maximum absolute atomic E-state index is 13.4. The van der Waals surface area contributed by atoms with E-state index in [9.17, 15) is 12.8 Å². The summed E-state index contributed by atoms with van der Waals surface area (Å²) in [5.74, 6) is -1.24. The lowest BCUT2D eigenvalue weighted by molar-refractivity contribution is 0.589. The van der Waals surface area contributed by atoms with Gasteiger partial charge in [0.25, 0.3) is 0 Å². The molecule has 0 aromatic heterocycles. The van der Waals surface area contributed by atoms with Gasteiger partial charge in [0.15, 0.2) is 9.84 Å². The van der Waals surface area contributed by atoms with Gasteiger partial charge < -0.3 is 0 Å². The lowest BCUT2D eigenvalue weighted by atomic mass is 10.0. The fourth-order valence-corrected chi connectivity index (χ4v) is 1.79. The van der Waals surface area contributed by atoms with Crippen LogP contribution in [0, 0.1) is 17.1 Å². The van der Waals surface area contributed by atoms with Crippen LogP contribution in [0.1, 0.15) is 18.4 Å². The Morgan fingerprint density at radius 2 is 2.07 bits per heavy atom. The number of sulfone groups is 1. The highest BCUT2D eigenvalue weighted by atomic mass is 32.2. The van der Waals surface area contributed by atoms with E-state index in [4.69, 9.17) is 5.26 Å². The number of nitrogens with zero attached hydrogens (tertiary/aromatic N) is 1. The number of hydrogen-bond acceptors (Lipinski definition) is 3. The predicted molar refractivity (Wildman–Crippen MR) is 53.5 cm³/mol. The molecule has 0 spiro atoms. The van der Waals surface area contributed by atoms with Crippen LogP contribution in [0.5, 0.6) is 0 Å². The molecule has 0 fully saturated rings. The highest BCUT2D eigenvalue weighted by molar-refractivity contribution is 7.90. The molecule has 1 aromatic rings. The molecule has 0 bridgehead atoms. The summed E-state index contributed by atoms with van der Waals surface area (Å²) < 4.78 is 35.6. The van der Waals surface area contributed by atoms with Crippen molar-refractivity contribution in [2.45, 2.75) is 17.7 Å². The van der Waals surface area contributed by atoms with Crippen LogP contribution in [0.4, 0.5) is 4.39 Å². The second kappa shape index (κ2) is 3.99. The molecule has 15 heavy (non-hydrogen) atoms. The number of halogens is 1. The minimum absolute atomic E-state index is 0.0751. The first-order valence-electron chi connectivity index (χ1n) is 4.25. The van der Waals surface area contributed by atoms with Crippen LogP contribution in [0.25, 0.3) is 0 Å². The van der Waals surface area contributed by atoms with Crippen molar-refractivity contribution in [1.82, 2.24) is 0 Å². The van der Waals surface area contributed by atoms with Crippen molar-refractivity contribution in [3.8, 4) is 6.07 Å². The standard InChI is InChI=1S/C10H10FNO2S/c1-7(6-12)9-4-3-8(5-10(9)11)15(2,13)14/h3-5,7H,1-2H3. The molecular formula is C10H10FNO2S. The summed E-state index contributed by atoms with van der Waals surface area (Å²) in [6, 6.07) is 5.47. The van der Waals surface area contributed by atoms with Crippen molar-refractivity contribution >= 4 is 9.84 Å². The van der Waals surface area contributed by atoms with Crippen molar-refractivity contribution in [3.05, 3.63) is 29.6 Å². The molecule has 1 aromatic carbocycles. The minimum Gasteiger partial charge on any atom is -0.224 e. The summed E-state index contributed by atoms with van der Waals surface area (Å²) in [4.78, 5) is -0.0751. The van der Waals surface area contributed by atoms with E-state index < -0.39 is 21.6 Å². The number of hydrogen-bond donors (Lipinski definition) is 0. The molecule has 0 aliphatic rings. The topological polar surface area (TPSA) is 57.9 Å². The molecule has 0 heterocycles. The van der Waals surface area contributed by atoms with Gasteiger partial charge in [-0.25, -0.2) is 12.8 Å². The zero-order valence-corrected chi connectivity index (χ0v) is 9.18. The van der Waals surface area contributed by atoms with Gasteiger partial charge in [-0.2, -0.15) is 5.26 Å². The number of nitriles is 1. The summed E-state index contributed by atoms with van der Waals surface area (Å²) in [5.41, 5.74) is 0.213. The fraction of sp³-hybridized carbons (Fsp3) is 0.300. The van der Waals surface area contributed by atoms with Crippen LogP contribution in [0.2, 0.25) is 0 Å². The molecule has 3 nitrogen and oxygen atoms in total. The normalized spacial score (nSPS) is 13.2. The third-order valence-corrected chi connectivity index (χ3v) is 3.17. The lowest BCUT2D eigenvalue weighted by Gasteiger charge is -2.06. The van der Waals surface area contributed by atoms with Crippen molar-refractivity contribution in [1.29, 1.82) is 5.26 Å². The summed E-state index contributed by atoms with van der Waals surface area (Å²) in [6.07, 6.45) is 1.01. The van der Waals surface area contributed by atoms with Gasteiger partial charge in [-0.1, -0.05) is 6.07 Å². The predicted octanol–water partition coefficient (Wildman–Crippen LogP) is 1.86. The fourth-order valence-electron chi connectivity index (χ4n) is 1.16. The van der Waals surface area contributed by atoms with Crippen LogP contribution >= 0.6 is 0 Å². The lowest BCUT2D eigenvalue weighted by Crippen LogP contribution is -2.01. The number of rotatable bonds is 2. The Bertz CT molecular complexity index is 517. The van der Waals surface area contributed by atoms with Gasteiger partial charge in [0.1, 0.15) is 5.82 Å². The van der Waals surface area contributed by atoms with Gasteiger partial charge in [0.2, 0.25) is 0 Å². The third-order valence-electron chi connectivity index (χ3n) is 2.06. The first-order chi connectivity index (χ1) is 6.86. The van der Waals surface area contributed by atoms with Crippen LogP contribution in [0.3, 0.4) is 0 Å². The molecular weight excluding hydrogens is 217 g/mol. The Kier molecular flexibility index (Phi) is 3.10. The molecule has 80 valence electrons. The zero-order chi connectivity index (χ0) is 11.6. The smallest absolute Gasteiger partial charge is 0.175 e. The van der Waals surface area contributed by atoms with Crippen molar-refractivity contribution in [2.24, 2.45) is 0 Å². The summed E-state index contributed by atoms with van der Waals surface area (Å²) in [5, 5.41) is 8.61. The SMILES string of the molecule is CC(C#N)c1ccc(S(C)(=O)=O)cc1F. The molecule has 1 unspecified atom stereocenters. The van der Waals surface area contributed by atoms with Gasteiger partial charge in [0, 0.05) is 11.8 Å². The quantitative estimate of drug-likeness (QED) is 0.774. The molecule has 0 radical (unpaired) electrons. The first kappa shape index (κ1) is 11.7. The Hall–Kier alpha value is -1.41. The zero-order valence-electron chi connectivity index (χ0n) is 8.36. The van der Waals surface area contributed by atoms with E-state index in [0.717, 1.165) is 12.3 Å². The highest BCUT2D eigenvalue weighted by Gasteiger charge is 2.14. The van der Waals surface area contributed by atoms with Crippen LogP contribution in [-0.4, -0.2) is 14.7 Å². The van der Waals surface area contributed by atoms with Gasteiger partial charge in [-0.3, -0.25) is 0 Å². The second-order valence-corrected chi connectivity index (χ2v) is 5.32. The summed E-state index contributed by atoms with van der Waals surface area (Å²) >= 11 is 0. The molecule has 0 aliphatic heterocycles. The van der Waals surface area contributed by atoms with Crippen LogP contribution in [-0.2, 0) is 9.84 Å². The second-order valence-electron chi connectivity index (χ2n) is 3.31. The average Bonchev–Trinajstić information content (AvgIpc) is 2.15. The highest BCUT2D eigenvalue weighted by Crippen LogP contribution is 2.21. The summed E-state index contributed by atoms with van der Waals surface area (Å²) in [6.45, 7) is 1.55. The van der Waals surface area contributed by atoms with Crippen LogP contribution < -0.4 is 0 Å². The third kappa shape index (κ3) is 2.54. The van der Waals surface area contributed by atoms with Crippen molar-refractivity contribution in [3.63, 3.8) is 0 Å². The largest absolute Gasteiger partial charge is 0.224 e. The van der Waals surface area contributed by atoms with Crippen molar-refractivity contribution in [2.75, 3.05) is 6.26 Å². The monoisotopic (exact) mass is 227 g/mol. The van der Waals surface area contributed by atoms with E-state index in [1.54, 1.807) is 6.92 Å². The Morgan fingerprint density at radius 1 is 1.47 bits per heavy atom. The van der Waals surface area contributed by atoms with E-state index >= 15 is 0 Å². The van der Waals surface area contributed by atoms with Gasteiger partial charge in [0.05, 0.1) is 16.9 Å². The van der Waals surface area contributed by atoms with E-state index in [2.05, 4.69) is 0 Å². The van der Waals surface area contributed by atoms with E-state index in [1.807, 2.05) is 6.07 Å². The summed E-state index contributed by atoms with van der Waals surface area (Å²) in [7, 11) is -3.40. The number of benzene rings is 1. The molecule has 0 saturated carbocycles. The molecule has 0 N–H and O–H groups in total.